The van der Waals surface area contributed by atoms with E-state index in [2.05, 4.69) is 15.3 Å². The van der Waals surface area contributed by atoms with E-state index in [9.17, 15) is 13.2 Å². The monoisotopic (exact) mass is 307 g/mol. The largest absolute Gasteiger partial charge is 0.451 e. The molecule has 0 aromatic carbocycles. The average molecular weight is 307 g/mol. The molecule has 1 aromatic heterocycles. The molecule has 1 N–H and O–H groups in total. The Hall–Kier alpha value is -0.980. The zero-order chi connectivity index (χ0) is 15.3. The van der Waals surface area contributed by atoms with Gasteiger partial charge in [-0.1, -0.05) is 27.7 Å². The lowest BCUT2D eigenvalue weighted by molar-refractivity contribution is -0.145. The van der Waals surface area contributed by atoms with Crippen LogP contribution in [0.5, 0.6) is 0 Å². The van der Waals surface area contributed by atoms with Crippen molar-refractivity contribution in [1.29, 1.82) is 0 Å². The van der Waals surface area contributed by atoms with E-state index in [1.54, 1.807) is 6.07 Å². The Kier molecular flexibility index (Phi) is 6.10. The van der Waals surface area contributed by atoms with Crippen LogP contribution in [0.3, 0.4) is 0 Å². The maximum absolute atomic E-state index is 12.8. The Bertz CT molecular complexity index is 435. The molecule has 0 aliphatic carbocycles. The van der Waals surface area contributed by atoms with Gasteiger partial charge in [0, 0.05) is 17.9 Å². The number of alkyl halides is 3. The number of halogens is 3. The van der Waals surface area contributed by atoms with Crippen molar-refractivity contribution in [1.82, 2.24) is 9.97 Å². The number of rotatable bonds is 6. The van der Waals surface area contributed by atoms with Crippen molar-refractivity contribution in [2.75, 3.05) is 11.9 Å². The van der Waals surface area contributed by atoms with Gasteiger partial charge in [0.15, 0.2) is 0 Å². The fourth-order valence-corrected chi connectivity index (χ4v) is 2.25. The molecular formula is C13H20F3N3S. The first-order valence-electron chi connectivity index (χ1n) is 6.60. The van der Waals surface area contributed by atoms with E-state index in [1.807, 2.05) is 27.7 Å². The Balaban J connectivity index is 3.03. The minimum atomic E-state index is -4.53. The quantitative estimate of drug-likeness (QED) is 0.622. The molecule has 1 aromatic rings. The highest BCUT2D eigenvalue weighted by molar-refractivity contribution is 7.99. The fraction of sp³-hybridized carbons (Fsp3) is 0.692. The van der Waals surface area contributed by atoms with Gasteiger partial charge in [0.25, 0.3) is 0 Å². The van der Waals surface area contributed by atoms with Crippen molar-refractivity contribution in [3.8, 4) is 0 Å². The summed E-state index contributed by atoms with van der Waals surface area (Å²) in [4.78, 5) is 7.16. The van der Waals surface area contributed by atoms with Gasteiger partial charge in [-0.3, -0.25) is 0 Å². The van der Waals surface area contributed by atoms with Gasteiger partial charge in [0.05, 0.1) is 0 Å². The Morgan fingerprint density at radius 3 is 2.40 bits per heavy atom. The van der Waals surface area contributed by atoms with Crippen LogP contribution >= 0.6 is 11.8 Å². The smallest absolute Gasteiger partial charge is 0.370 e. The molecule has 0 aliphatic rings. The third kappa shape index (κ3) is 5.19. The molecule has 0 saturated carbocycles. The van der Waals surface area contributed by atoms with Crippen LogP contribution < -0.4 is 5.32 Å². The van der Waals surface area contributed by atoms with E-state index in [0.29, 0.717) is 17.5 Å². The summed E-state index contributed by atoms with van der Waals surface area (Å²) in [5, 5.41) is 3.42. The standard InChI is InChI=1S/C13H20F3N3S/c1-5-6-17-10-7-11(20-9(4)8(2)3)19-12(18-10)13(14,15)16/h7-9H,5-6H2,1-4H3,(H,17,18,19). The summed E-state index contributed by atoms with van der Waals surface area (Å²) in [6.45, 7) is 8.55. The maximum Gasteiger partial charge on any atom is 0.451 e. The molecule has 0 amide bonds. The molecule has 20 heavy (non-hydrogen) atoms. The minimum absolute atomic E-state index is 0.185. The van der Waals surface area contributed by atoms with Crippen LogP contribution in [-0.2, 0) is 6.18 Å². The number of hydrogen-bond acceptors (Lipinski definition) is 4. The first-order valence-corrected chi connectivity index (χ1v) is 7.48. The Labute approximate surface area is 121 Å². The lowest BCUT2D eigenvalue weighted by Crippen LogP contribution is -2.15. The van der Waals surface area contributed by atoms with E-state index in [0.717, 1.165) is 6.42 Å². The Morgan fingerprint density at radius 2 is 1.90 bits per heavy atom. The van der Waals surface area contributed by atoms with Gasteiger partial charge in [-0.2, -0.15) is 13.2 Å². The molecule has 0 saturated heterocycles. The predicted molar refractivity (Wildman–Crippen MR) is 76.0 cm³/mol. The molecule has 0 fully saturated rings. The third-order valence-electron chi connectivity index (χ3n) is 2.76. The molecule has 1 atom stereocenters. The zero-order valence-corrected chi connectivity index (χ0v) is 12.9. The molecule has 1 rings (SSSR count). The van der Waals surface area contributed by atoms with Gasteiger partial charge in [-0.15, -0.1) is 11.8 Å². The summed E-state index contributed by atoms with van der Waals surface area (Å²) < 4.78 is 38.4. The fourth-order valence-electron chi connectivity index (χ4n) is 1.28. The summed E-state index contributed by atoms with van der Waals surface area (Å²) >= 11 is 1.34. The highest BCUT2D eigenvalue weighted by Crippen LogP contribution is 2.32. The van der Waals surface area contributed by atoms with E-state index in [-0.39, 0.29) is 11.1 Å². The van der Waals surface area contributed by atoms with Crippen LogP contribution in [-0.4, -0.2) is 21.8 Å². The van der Waals surface area contributed by atoms with E-state index in [4.69, 9.17) is 0 Å². The lowest BCUT2D eigenvalue weighted by Gasteiger charge is -2.16. The number of nitrogens with one attached hydrogen (secondary N) is 1. The van der Waals surface area contributed by atoms with Gasteiger partial charge in [0.1, 0.15) is 10.8 Å². The first kappa shape index (κ1) is 17.1. The van der Waals surface area contributed by atoms with Crippen molar-refractivity contribution in [2.45, 2.75) is 50.6 Å². The van der Waals surface area contributed by atoms with Gasteiger partial charge >= 0.3 is 6.18 Å². The van der Waals surface area contributed by atoms with Gasteiger partial charge in [-0.25, -0.2) is 9.97 Å². The van der Waals surface area contributed by atoms with E-state index >= 15 is 0 Å². The van der Waals surface area contributed by atoms with Crippen molar-refractivity contribution >= 4 is 17.6 Å². The molecule has 0 radical (unpaired) electrons. The minimum Gasteiger partial charge on any atom is -0.370 e. The van der Waals surface area contributed by atoms with Crippen LogP contribution in [0.4, 0.5) is 19.0 Å². The summed E-state index contributed by atoms with van der Waals surface area (Å²) in [6, 6.07) is 1.58. The molecule has 3 nitrogen and oxygen atoms in total. The third-order valence-corrected chi connectivity index (χ3v) is 4.12. The van der Waals surface area contributed by atoms with Crippen LogP contribution in [0.1, 0.15) is 39.9 Å². The number of hydrogen-bond donors (Lipinski definition) is 1. The zero-order valence-electron chi connectivity index (χ0n) is 12.1. The second-order valence-corrected chi connectivity index (χ2v) is 6.30. The first-order chi connectivity index (χ1) is 9.24. The van der Waals surface area contributed by atoms with Crippen molar-refractivity contribution in [3.05, 3.63) is 11.9 Å². The molecule has 7 heteroatoms. The number of nitrogens with zero attached hydrogens (tertiary/aromatic N) is 2. The van der Waals surface area contributed by atoms with E-state index in [1.165, 1.54) is 11.8 Å². The summed E-state index contributed by atoms with van der Waals surface area (Å²) in [6.07, 6.45) is -3.71. The van der Waals surface area contributed by atoms with Crippen LogP contribution in [0.2, 0.25) is 0 Å². The normalized spacial score (nSPS) is 13.6. The van der Waals surface area contributed by atoms with E-state index < -0.39 is 12.0 Å². The lowest BCUT2D eigenvalue weighted by atomic mass is 10.2. The highest BCUT2D eigenvalue weighted by Gasteiger charge is 2.35. The number of anilines is 1. The van der Waals surface area contributed by atoms with Gasteiger partial charge in [-0.05, 0) is 12.3 Å². The second-order valence-electron chi connectivity index (χ2n) is 4.91. The predicted octanol–water partition coefficient (Wildman–Crippen LogP) is 4.45. The number of thioether (sulfide) groups is 1. The van der Waals surface area contributed by atoms with Crippen LogP contribution in [0.25, 0.3) is 0 Å². The van der Waals surface area contributed by atoms with Crippen molar-refractivity contribution < 1.29 is 13.2 Å². The van der Waals surface area contributed by atoms with Gasteiger partial charge in [0.2, 0.25) is 5.82 Å². The van der Waals surface area contributed by atoms with Crippen LogP contribution in [0.15, 0.2) is 11.1 Å². The molecule has 114 valence electrons. The van der Waals surface area contributed by atoms with Gasteiger partial charge < -0.3 is 5.32 Å². The second kappa shape index (κ2) is 7.15. The topological polar surface area (TPSA) is 37.8 Å². The van der Waals surface area contributed by atoms with Crippen LogP contribution in [0, 0.1) is 5.92 Å². The molecule has 0 bridgehead atoms. The molecule has 0 aliphatic heterocycles. The highest BCUT2D eigenvalue weighted by atomic mass is 32.2. The molecule has 1 unspecified atom stereocenters. The molecule has 1 heterocycles. The Morgan fingerprint density at radius 1 is 1.25 bits per heavy atom. The van der Waals surface area contributed by atoms with Crippen molar-refractivity contribution in [3.63, 3.8) is 0 Å². The maximum atomic E-state index is 12.8. The summed E-state index contributed by atoms with van der Waals surface area (Å²) in [5.74, 6) is -0.499. The summed E-state index contributed by atoms with van der Waals surface area (Å²) in [7, 11) is 0. The average Bonchev–Trinajstić information content (AvgIpc) is 2.34. The SMILES string of the molecule is CCCNc1cc(SC(C)C(C)C)nc(C(F)(F)F)n1. The summed E-state index contributed by atoms with van der Waals surface area (Å²) in [5.41, 5.74) is 0. The number of aromatic nitrogens is 2. The molecule has 0 spiro atoms. The molecular weight excluding hydrogens is 287 g/mol. The van der Waals surface area contributed by atoms with Crippen molar-refractivity contribution in [2.24, 2.45) is 5.92 Å².